The molecular formula is C12H21NO3. The van der Waals surface area contributed by atoms with E-state index in [0.717, 1.165) is 19.3 Å². The Labute approximate surface area is 96.4 Å². The van der Waals surface area contributed by atoms with Crippen molar-refractivity contribution in [1.29, 1.82) is 0 Å². The molecular weight excluding hydrogens is 206 g/mol. The van der Waals surface area contributed by atoms with Crippen LogP contribution in [-0.4, -0.2) is 23.0 Å². The van der Waals surface area contributed by atoms with Crippen molar-refractivity contribution in [3.63, 3.8) is 0 Å². The molecule has 1 aliphatic rings. The first-order chi connectivity index (χ1) is 7.40. The van der Waals surface area contributed by atoms with E-state index in [1.54, 1.807) is 0 Å². The molecule has 0 bridgehead atoms. The molecule has 16 heavy (non-hydrogen) atoms. The maximum Gasteiger partial charge on any atom is 0.325 e. The highest BCUT2D eigenvalue weighted by atomic mass is 16.4. The molecule has 0 spiro atoms. The third-order valence-electron chi connectivity index (χ3n) is 3.28. The molecule has 0 aromatic heterocycles. The standard InChI is InChI=1S/C12H21NO3/c1-7-4-8(2)6-10(5-7)11(14)13-9(3)12(15)16/h7-10H,4-6H2,1-3H3,(H,13,14)(H,15,16)/t7-,8+,9-,10?/m0/s1. The highest BCUT2D eigenvalue weighted by molar-refractivity contribution is 5.84. The number of carboxylic acid groups (broad SMARTS) is 1. The summed E-state index contributed by atoms with van der Waals surface area (Å²) in [4.78, 5) is 22.5. The average molecular weight is 227 g/mol. The molecule has 2 N–H and O–H groups in total. The summed E-state index contributed by atoms with van der Waals surface area (Å²) in [6.07, 6.45) is 2.92. The van der Waals surface area contributed by atoms with Crippen LogP contribution in [0.5, 0.6) is 0 Å². The zero-order valence-corrected chi connectivity index (χ0v) is 10.2. The number of carboxylic acids is 1. The molecule has 4 atom stereocenters. The Bertz CT molecular complexity index is 267. The summed E-state index contributed by atoms with van der Waals surface area (Å²) in [6.45, 7) is 5.79. The lowest BCUT2D eigenvalue weighted by molar-refractivity contribution is -0.142. The van der Waals surface area contributed by atoms with Crippen molar-refractivity contribution >= 4 is 11.9 Å². The lowest BCUT2D eigenvalue weighted by atomic mass is 9.76. The first-order valence-electron chi connectivity index (χ1n) is 5.93. The highest BCUT2D eigenvalue weighted by Crippen LogP contribution is 2.32. The lowest BCUT2D eigenvalue weighted by Crippen LogP contribution is -2.43. The third kappa shape index (κ3) is 3.51. The minimum Gasteiger partial charge on any atom is -0.480 e. The minimum absolute atomic E-state index is 0.0134. The van der Waals surface area contributed by atoms with Crippen LogP contribution in [0.15, 0.2) is 0 Å². The van der Waals surface area contributed by atoms with Crippen molar-refractivity contribution in [1.82, 2.24) is 5.32 Å². The molecule has 1 saturated carbocycles. The summed E-state index contributed by atoms with van der Waals surface area (Å²) >= 11 is 0. The van der Waals surface area contributed by atoms with Crippen LogP contribution in [0.4, 0.5) is 0 Å². The normalized spacial score (nSPS) is 31.8. The van der Waals surface area contributed by atoms with Gasteiger partial charge in [0.05, 0.1) is 0 Å². The van der Waals surface area contributed by atoms with E-state index in [0.29, 0.717) is 11.8 Å². The molecule has 1 amide bonds. The molecule has 4 nitrogen and oxygen atoms in total. The molecule has 0 radical (unpaired) electrons. The molecule has 1 fully saturated rings. The van der Waals surface area contributed by atoms with Crippen molar-refractivity contribution in [2.75, 3.05) is 0 Å². The van der Waals surface area contributed by atoms with Gasteiger partial charge in [-0.2, -0.15) is 0 Å². The van der Waals surface area contributed by atoms with Crippen molar-refractivity contribution in [2.24, 2.45) is 17.8 Å². The van der Waals surface area contributed by atoms with E-state index in [4.69, 9.17) is 5.11 Å². The Kier molecular flexibility index (Phi) is 4.33. The summed E-state index contributed by atoms with van der Waals surface area (Å²) in [7, 11) is 0. The molecule has 0 heterocycles. The molecule has 1 aliphatic carbocycles. The van der Waals surface area contributed by atoms with Crippen molar-refractivity contribution in [2.45, 2.75) is 46.1 Å². The molecule has 0 saturated heterocycles. The maximum atomic E-state index is 11.8. The first-order valence-corrected chi connectivity index (χ1v) is 5.93. The Balaban J connectivity index is 2.50. The molecule has 0 aliphatic heterocycles. The quantitative estimate of drug-likeness (QED) is 0.770. The summed E-state index contributed by atoms with van der Waals surface area (Å²) in [5.74, 6) is 0.0124. The van der Waals surface area contributed by atoms with Crippen LogP contribution < -0.4 is 5.32 Å². The van der Waals surface area contributed by atoms with Crippen LogP contribution in [0.25, 0.3) is 0 Å². The third-order valence-corrected chi connectivity index (χ3v) is 3.28. The van der Waals surface area contributed by atoms with Crippen LogP contribution in [0.1, 0.15) is 40.0 Å². The first kappa shape index (κ1) is 13.0. The summed E-state index contributed by atoms with van der Waals surface area (Å²) in [5.41, 5.74) is 0. The van der Waals surface area contributed by atoms with E-state index in [1.165, 1.54) is 6.92 Å². The van der Waals surface area contributed by atoms with Gasteiger partial charge in [-0.05, 0) is 38.0 Å². The SMILES string of the molecule is C[C@@H]1CC(C(=O)N[C@@H](C)C(=O)O)C[C@H](C)C1. The van der Waals surface area contributed by atoms with Crippen molar-refractivity contribution in [3.05, 3.63) is 0 Å². The van der Waals surface area contributed by atoms with Crippen LogP contribution >= 0.6 is 0 Å². The molecule has 1 rings (SSSR count). The molecule has 1 unspecified atom stereocenters. The zero-order chi connectivity index (χ0) is 12.3. The Morgan fingerprint density at radius 2 is 1.69 bits per heavy atom. The molecule has 92 valence electrons. The van der Waals surface area contributed by atoms with E-state index in [1.807, 2.05) is 0 Å². The van der Waals surface area contributed by atoms with E-state index >= 15 is 0 Å². The second-order valence-corrected chi connectivity index (χ2v) is 5.18. The number of aliphatic carboxylic acids is 1. The molecule has 4 heteroatoms. The van der Waals surface area contributed by atoms with Crippen molar-refractivity contribution in [3.8, 4) is 0 Å². The van der Waals surface area contributed by atoms with Crippen LogP contribution in [0.2, 0.25) is 0 Å². The summed E-state index contributed by atoms with van der Waals surface area (Å²) in [6, 6.07) is -0.792. The number of amides is 1. The van der Waals surface area contributed by atoms with E-state index in [9.17, 15) is 9.59 Å². The van der Waals surface area contributed by atoms with Gasteiger partial charge in [0.1, 0.15) is 6.04 Å². The van der Waals surface area contributed by atoms with E-state index < -0.39 is 12.0 Å². The maximum absolute atomic E-state index is 11.8. The van der Waals surface area contributed by atoms with Crippen LogP contribution in [0.3, 0.4) is 0 Å². The Hall–Kier alpha value is -1.06. The predicted molar refractivity (Wildman–Crippen MR) is 60.9 cm³/mol. The Morgan fingerprint density at radius 3 is 2.12 bits per heavy atom. The average Bonchev–Trinajstić information content (AvgIpc) is 2.15. The van der Waals surface area contributed by atoms with Gasteiger partial charge in [-0.1, -0.05) is 13.8 Å². The summed E-state index contributed by atoms with van der Waals surface area (Å²) in [5, 5.41) is 11.3. The van der Waals surface area contributed by atoms with Gasteiger partial charge in [0.2, 0.25) is 5.91 Å². The highest BCUT2D eigenvalue weighted by Gasteiger charge is 2.30. The van der Waals surface area contributed by atoms with E-state index in [-0.39, 0.29) is 11.8 Å². The predicted octanol–water partition coefficient (Wildman–Crippen LogP) is 1.65. The van der Waals surface area contributed by atoms with Crippen LogP contribution in [-0.2, 0) is 9.59 Å². The number of nitrogens with one attached hydrogen (secondary N) is 1. The second kappa shape index (κ2) is 5.32. The minimum atomic E-state index is -0.981. The second-order valence-electron chi connectivity index (χ2n) is 5.18. The number of carbonyl (C=O) groups is 2. The van der Waals surface area contributed by atoms with Gasteiger partial charge >= 0.3 is 5.97 Å². The Morgan fingerprint density at radius 1 is 1.19 bits per heavy atom. The van der Waals surface area contributed by atoms with Gasteiger partial charge in [-0.25, -0.2) is 0 Å². The number of hydrogen-bond acceptors (Lipinski definition) is 2. The zero-order valence-electron chi connectivity index (χ0n) is 10.2. The van der Waals surface area contributed by atoms with Gasteiger partial charge in [0, 0.05) is 5.92 Å². The smallest absolute Gasteiger partial charge is 0.325 e. The largest absolute Gasteiger partial charge is 0.480 e. The fourth-order valence-corrected chi connectivity index (χ4v) is 2.55. The number of rotatable bonds is 3. The fourth-order valence-electron chi connectivity index (χ4n) is 2.55. The number of carbonyl (C=O) groups excluding carboxylic acids is 1. The van der Waals surface area contributed by atoms with Crippen LogP contribution in [0, 0.1) is 17.8 Å². The van der Waals surface area contributed by atoms with Crippen molar-refractivity contribution < 1.29 is 14.7 Å². The summed E-state index contributed by atoms with van der Waals surface area (Å²) < 4.78 is 0. The van der Waals surface area contributed by atoms with E-state index in [2.05, 4.69) is 19.2 Å². The molecule has 0 aromatic rings. The monoisotopic (exact) mass is 227 g/mol. The van der Waals surface area contributed by atoms with Gasteiger partial charge in [-0.3, -0.25) is 9.59 Å². The van der Waals surface area contributed by atoms with Gasteiger partial charge in [0.15, 0.2) is 0 Å². The lowest BCUT2D eigenvalue weighted by Gasteiger charge is -2.30. The van der Waals surface area contributed by atoms with Gasteiger partial charge < -0.3 is 10.4 Å². The fraction of sp³-hybridized carbons (Fsp3) is 0.833. The van der Waals surface area contributed by atoms with Gasteiger partial charge in [0.25, 0.3) is 0 Å². The topological polar surface area (TPSA) is 66.4 Å². The van der Waals surface area contributed by atoms with Gasteiger partial charge in [-0.15, -0.1) is 0 Å². The number of hydrogen-bond donors (Lipinski definition) is 2. The molecule has 0 aromatic carbocycles.